The van der Waals surface area contributed by atoms with Crippen molar-refractivity contribution in [3.63, 3.8) is 0 Å². The van der Waals surface area contributed by atoms with Gasteiger partial charge in [-0.15, -0.1) is 0 Å². The number of ether oxygens (including phenoxy) is 1. The van der Waals surface area contributed by atoms with Crippen molar-refractivity contribution in [1.82, 2.24) is 4.98 Å². The minimum absolute atomic E-state index is 0.649. The molecule has 0 amide bonds. The van der Waals surface area contributed by atoms with E-state index in [0.29, 0.717) is 13.2 Å². The Morgan fingerprint density at radius 1 is 1.22 bits per heavy atom. The van der Waals surface area contributed by atoms with Crippen molar-refractivity contribution in [2.75, 3.05) is 11.9 Å². The normalized spacial score (nSPS) is 10.1. The van der Waals surface area contributed by atoms with Gasteiger partial charge < -0.3 is 10.1 Å². The van der Waals surface area contributed by atoms with Crippen LogP contribution in [0.2, 0.25) is 5.02 Å². The minimum atomic E-state index is 0.649. The lowest BCUT2D eigenvalue weighted by molar-refractivity contribution is 0.338. The van der Waals surface area contributed by atoms with Crippen molar-refractivity contribution in [3.05, 3.63) is 53.3 Å². The highest BCUT2D eigenvalue weighted by Crippen LogP contribution is 2.16. The summed E-state index contributed by atoms with van der Waals surface area (Å²) in [7, 11) is 0. The van der Waals surface area contributed by atoms with E-state index in [1.165, 1.54) is 0 Å². The van der Waals surface area contributed by atoms with E-state index in [4.69, 9.17) is 16.3 Å². The van der Waals surface area contributed by atoms with E-state index in [9.17, 15) is 0 Å². The Hall–Kier alpha value is -1.74. The standard InChI is InChI=1S/C14H15ClN2O/c1-2-18-14-7-11(8-16-10-14)9-17-13-5-3-12(15)4-6-13/h3-8,10,17H,2,9H2,1H3. The van der Waals surface area contributed by atoms with E-state index in [-0.39, 0.29) is 0 Å². The van der Waals surface area contributed by atoms with E-state index < -0.39 is 0 Å². The van der Waals surface area contributed by atoms with Crippen LogP contribution in [0.3, 0.4) is 0 Å². The van der Waals surface area contributed by atoms with E-state index in [1.54, 1.807) is 6.20 Å². The lowest BCUT2D eigenvalue weighted by atomic mass is 10.2. The topological polar surface area (TPSA) is 34.1 Å². The molecule has 0 spiro atoms. The number of nitrogens with zero attached hydrogens (tertiary/aromatic N) is 1. The maximum Gasteiger partial charge on any atom is 0.137 e. The minimum Gasteiger partial charge on any atom is -0.492 e. The first kappa shape index (κ1) is 12.7. The van der Waals surface area contributed by atoms with Gasteiger partial charge in [0, 0.05) is 23.5 Å². The van der Waals surface area contributed by atoms with Crippen molar-refractivity contribution in [1.29, 1.82) is 0 Å². The molecule has 3 nitrogen and oxygen atoms in total. The van der Waals surface area contributed by atoms with Crippen molar-refractivity contribution in [2.45, 2.75) is 13.5 Å². The number of rotatable bonds is 5. The fraction of sp³-hybridized carbons (Fsp3) is 0.214. The zero-order valence-corrected chi connectivity index (χ0v) is 10.9. The van der Waals surface area contributed by atoms with Gasteiger partial charge in [0.2, 0.25) is 0 Å². The summed E-state index contributed by atoms with van der Waals surface area (Å²) in [5.41, 5.74) is 2.11. The lowest BCUT2D eigenvalue weighted by Gasteiger charge is -2.08. The molecule has 0 saturated heterocycles. The average molecular weight is 263 g/mol. The fourth-order valence-corrected chi connectivity index (χ4v) is 1.70. The molecule has 2 aromatic rings. The average Bonchev–Trinajstić information content (AvgIpc) is 2.39. The van der Waals surface area contributed by atoms with Crippen LogP contribution in [0.15, 0.2) is 42.7 Å². The second kappa shape index (κ2) is 6.26. The van der Waals surface area contributed by atoms with Gasteiger partial charge in [-0.25, -0.2) is 0 Å². The zero-order valence-electron chi connectivity index (χ0n) is 10.2. The number of hydrogen-bond acceptors (Lipinski definition) is 3. The predicted molar refractivity (Wildman–Crippen MR) is 74.2 cm³/mol. The Morgan fingerprint density at radius 2 is 2.00 bits per heavy atom. The molecule has 1 aromatic heterocycles. The van der Waals surface area contributed by atoms with Crippen LogP contribution in [0.4, 0.5) is 5.69 Å². The van der Waals surface area contributed by atoms with Crippen LogP contribution in [0, 0.1) is 0 Å². The molecule has 1 heterocycles. The third kappa shape index (κ3) is 3.64. The quantitative estimate of drug-likeness (QED) is 0.891. The molecule has 94 valence electrons. The number of halogens is 1. The number of pyridine rings is 1. The van der Waals surface area contributed by atoms with Crippen LogP contribution in [-0.2, 0) is 6.54 Å². The molecule has 0 radical (unpaired) electrons. The molecule has 1 aromatic carbocycles. The van der Waals surface area contributed by atoms with Crippen LogP contribution in [-0.4, -0.2) is 11.6 Å². The molecule has 4 heteroatoms. The van der Waals surface area contributed by atoms with Gasteiger partial charge in [0.25, 0.3) is 0 Å². The molecular weight excluding hydrogens is 248 g/mol. The first-order valence-electron chi connectivity index (χ1n) is 5.84. The molecule has 0 aliphatic rings. The lowest BCUT2D eigenvalue weighted by Crippen LogP contribution is -2.01. The Labute approximate surface area is 112 Å². The molecular formula is C14H15ClN2O. The Bertz CT molecular complexity index is 499. The molecule has 0 aliphatic carbocycles. The number of anilines is 1. The van der Waals surface area contributed by atoms with Crippen LogP contribution in [0.25, 0.3) is 0 Å². The Morgan fingerprint density at radius 3 is 2.72 bits per heavy atom. The maximum atomic E-state index is 5.83. The highest BCUT2D eigenvalue weighted by atomic mass is 35.5. The van der Waals surface area contributed by atoms with Crippen molar-refractivity contribution in [3.8, 4) is 5.75 Å². The van der Waals surface area contributed by atoms with Gasteiger partial charge in [0.1, 0.15) is 5.75 Å². The van der Waals surface area contributed by atoms with Crippen LogP contribution >= 0.6 is 11.6 Å². The van der Waals surface area contributed by atoms with Crippen LogP contribution in [0.1, 0.15) is 12.5 Å². The first-order chi connectivity index (χ1) is 8.78. The summed E-state index contributed by atoms with van der Waals surface area (Å²) >= 11 is 5.83. The molecule has 0 bridgehead atoms. The Kier molecular flexibility index (Phi) is 4.42. The van der Waals surface area contributed by atoms with Crippen LogP contribution < -0.4 is 10.1 Å². The Balaban J connectivity index is 1.97. The van der Waals surface area contributed by atoms with Gasteiger partial charge in [-0.1, -0.05) is 11.6 Å². The van der Waals surface area contributed by atoms with Gasteiger partial charge in [-0.05, 0) is 42.8 Å². The highest BCUT2D eigenvalue weighted by Gasteiger charge is 1.98. The second-order valence-corrected chi connectivity index (χ2v) is 4.26. The molecule has 0 unspecified atom stereocenters. The molecule has 18 heavy (non-hydrogen) atoms. The third-order valence-corrected chi connectivity index (χ3v) is 2.67. The van der Waals surface area contributed by atoms with E-state index in [1.807, 2.05) is 43.5 Å². The molecule has 0 atom stereocenters. The van der Waals surface area contributed by atoms with Crippen LogP contribution in [0.5, 0.6) is 5.75 Å². The third-order valence-electron chi connectivity index (χ3n) is 2.42. The molecule has 2 rings (SSSR count). The van der Waals surface area contributed by atoms with Gasteiger partial charge in [0.05, 0.1) is 12.8 Å². The second-order valence-electron chi connectivity index (χ2n) is 3.82. The number of benzene rings is 1. The summed E-state index contributed by atoms with van der Waals surface area (Å²) in [6, 6.07) is 9.60. The molecule has 0 aliphatic heterocycles. The SMILES string of the molecule is CCOc1cncc(CNc2ccc(Cl)cc2)c1. The van der Waals surface area contributed by atoms with Gasteiger partial charge in [-0.3, -0.25) is 4.98 Å². The van der Waals surface area contributed by atoms with Gasteiger partial charge >= 0.3 is 0 Å². The zero-order chi connectivity index (χ0) is 12.8. The molecule has 0 fully saturated rings. The fourth-order valence-electron chi connectivity index (χ4n) is 1.58. The molecule has 0 saturated carbocycles. The van der Waals surface area contributed by atoms with Crippen molar-refractivity contribution >= 4 is 17.3 Å². The highest BCUT2D eigenvalue weighted by molar-refractivity contribution is 6.30. The van der Waals surface area contributed by atoms with E-state index in [2.05, 4.69) is 10.3 Å². The van der Waals surface area contributed by atoms with Gasteiger partial charge in [-0.2, -0.15) is 0 Å². The van der Waals surface area contributed by atoms with Crippen molar-refractivity contribution in [2.24, 2.45) is 0 Å². The largest absolute Gasteiger partial charge is 0.492 e. The summed E-state index contributed by atoms with van der Waals surface area (Å²) in [5, 5.41) is 4.04. The van der Waals surface area contributed by atoms with Crippen molar-refractivity contribution < 1.29 is 4.74 Å². The monoisotopic (exact) mass is 262 g/mol. The smallest absolute Gasteiger partial charge is 0.137 e. The van der Waals surface area contributed by atoms with Gasteiger partial charge in [0.15, 0.2) is 0 Å². The summed E-state index contributed by atoms with van der Waals surface area (Å²) in [6.45, 7) is 3.31. The summed E-state index contributed by atoms with van der Waals surface area (Å²) in [5.74, 6) is 0.799. The summed E-state index contributed by atoms with van der Waals surface area (Å²) in [6.07, 6.45) is 3.54. The van der Waals surface area contributed by atoms with E-state index in [0.717, 1.165) is 22.0 Å². The van der Waals surface area contributed by atoms with E-state index >= 15 is 0 Å². The number of aromatic nitrogens is 1. The number of hydrogen-bond donors (Lipinski definition) is 1. The summed E-state index contributed by atoms with van der Waals surface area (Å²) in [4.78, 5) is 4.14. The molecule has 1 N–H and O–H groups in total. The summed E-state index contributed by atoms with van der Waals surface area (Å²) < 4.78 is 5.41. The predicted octanol–water partition coefficient (Wildman–Crippen LogP) is 3.75. The number of nitrogens with one attached hydrogen (secondary N) is 1. The maximum absolute atomic E-state index is 5.83. The first-order valence-corrected chi connectivity index (χ1v) is 6.22.